The minimum atomic E-state index is -3.57. The van der Waals surface area contributed by atoms with Crippen LogP contribution in [0.5, 0.6) is 5.75 Å². The van der Waals surface area contributed by atoms with Crippen LogP contribution < -0.4 is 4.52 Å². The van der Waals surface area contributed by atoms with Gasteiger partial charge in [-0.2, -0.15) is 0 Å². The Labute approximate surface area is 137 Å². The first-order chi connectivity index (χ1) is 10.4. The molecular weight excluding hydrogens is 315 g/mol. The standard InChI is InChI=1S/C10H14.C7H9O3PS/c1-2-3-7-10-8-5-4-6-9-10;1-6-2-4-7(5-3-6)10-11(8,9)12/h4-6,8-9H,2-3,7H2,1H3;2-5H,1H3,(H2,8,9,12). The number of benzene rings is 2. The van der Waals surface area contributed by atoms with Crippen molar-refractivity contribution in [2.45, 2.75) is 33.1 Å². The van der Waals surface area contributed by atoms with E-state index in [2.05, 4.69) is 49.1 Å². The molecule has 120 valence electrons. The molecule has 0 saturated heterocycles. The Kier molecular flexibility index (Phi) is 8.36. The van der Waals surface area contributed by atoms with Crippen LogP contribution in [0.15, 0.2) is 54.6 Å². The average molecular weight is 338 g/mol. The van der Waals surface area contributed by atoms with Crippen LogP contribution in [-0.2, 0) is 18.2 Å². The molecule has 0 aromatic heterocycles. The van der Waals surface area contributed by atoms with Gasteiger partial charge in [-0.1, -0.05) is 61.4 Å². The van der Waals surface area contributed by atoms with Gasteiger partial charge in [0.25, 0.3) is 0 Å². The lowest BCUT2D eigenvalue weighted by Crippen LogP contribution is -1.89. The zero-order valence-corrected chi connectivity index (χ0v) is 14.7. The molecular formula is C17H23O3PS. The number of aryl methyl sites for hydroxylation is 2. The maximum atomic E-state index is 8.80. The first-order valence-corrected chi connectivity index (χ1v) is 9.89. The van der Waals surface area contributed by atoms with Crippen molar-refractivity contribution in [3.05, 3.63) is 65.7 Å². The zero-order valence-electron chi connectivity index (χ0n) is 13.0. The van der Waals surface area contributed by atoms with E-state index in [4.69, 9.17) is 14.3 Å². The molecule has 2 rings (SSSR count). The van der Waals surface area contributed by atoms with E-state index in [1.807, 2.05) is 6.92 Å². The van der Waals surface area contributed by atoms with E-state index in [1.165, 1.54) is 24.8 Å². The molecule has 0 atom stereocenters. The van der Waals surface area contributed by atoms with Crippen molar-refractivity contribution in [1.82, 2.24) is 0 Å². The fourth-order valence-corrected chi connectivity index (χ4v) is 2.42. The highest BCUT2D eigenvalue weighted by Crippen LogP contribution is 2.37. The van der Waals surface area contributed by atoms with Gasteiger partial charge in [-0.3, -0.25) is 0 Å². The van der Waals surface area contributed by atoms with Crippen molar-refractivity contribution < 1.29 is 14.3 Å². The molecule has 2 N–H and O–H groups in total. The summed E-state index contributed by atoms with van der Waals surface area (Å²) in [5, 5.41) is 0. The highest BCUT2D eigenvalue weighted by molar-refractivity contribution is 8.06. The lowest BCUT2D eigenvalue weighted by atomic mass is 10.1. The summed E-state index contributed by atoms with van der Waals surface area (Å²) in [5.41, 5.74) is 2.54. The molecule has 2 aromatic carbocycles. The van der Waals surface area contributed by atoms with Crippen LogP contribution in [0, 0.1) is 6.92 Å². The predicted octanol–water partition coefficient (Wildman–Crippen LogP) is 4.61. The Morgan fingerprint density at radius 2 is 1.59 bits per heavy atom. The molecule has 0 fully saturated rings. The minimum Gasteiger partial charge on any atom is -0.424 e. The summed E-state index contributed by atoms with van der Waals surface area (Å²) < 4.78 is 4.69. The molecule has 0 unspecified atom stereocenters. The molecule has 0 radical (unpaired) electrons. The van der Waals surface area contributed by atoms with E-state index in [1.54, 1.807) is 24.3 Å². The van der Waals surface area contributed by atoms with Crippen molar-refractivity contribution in [3.8, 4) is 5.75 Å². The quantitative estimate of drug-likeness (QED) is 0.782. The summed E-state index contributed by atoms with van der Waals surface area (Å²) in [6.07, 6.45) is 3.83. The fraction of sp³-hybridized carbons (Fsp3) is 0.294. The van der Waals surface area contributed by atoms with Crippen LogP contribution in [0.2, 0.25) is 0 Å². The smallest absolute Gasteiger partial charge is 0.375 e. The van der Waals surface area contributed by atoms with Crippen molar-refractivity contribution in [2.24, 2.45) is 0 Å². The molecule has 0 aliphatic carbocycles. The van der Waals surface area contributed by atoms with Gasteiger partial charge in [0.05, 0.1) is 0 Å². The van der Waals surface area contributed by atoms with Crippen molar-refractivity contribution in [1.29, 1.82) is 0 Å². The Morgan fingerprint density at radius 1 is 1.00 bits per heavy atom. The monoisotopic (exact) mass is 338 g/mol. The number of hydrogen-bond acceptors (Lipinski definition) is 2. The van der Waals surface area contributed by atoms with Crippen LogP contribution in [0.4, 0.5) is 0 Å². The Bertz CT molecular complexity index is 579. The second kappa shape index (κ2) is 9.75. The molecule has 0 spiro atoms. The minimum absolute atomic E-state index is 0.383. The fourth-order valence-electron chi connectivity index (χ4n) is 1.76. The van der Waals surface area contributed by atoms with Gasteiger partial charge in [-0.05, 0) is 37.5 Å². The highest BCUT2D eigenvalue weighted by Gasteiger charge is 2.08. The molecule has 3 nitrogen and oxygen atoms in total. The highest BCUT2D eigenvalue weighted by atomic mass is 32.5. The van der Waals surface area contributed by atoms with E-state index in [0.29, 0.717) is 5.75 Å². The van der Waals surface area contributed by atoms with Gasteiger partial charge in [0.15, 0.2) is 0 Å². The maximum Gasteiger partial charge on any atom is 0.375 e. The van der Waals surface area contributed by atoms with Crippen molar-refractivity contribution in [2.75, 3.05) is 0 Å². The van der Waals surface area contributed by atoms with Gasteiger partial charge in [0.1, 0.15) is 5.75 Å². The van der Waals surface area contributed by atoms with E-state index >= 15 is 0 Å². The summed E-state index contributed by atoms with van der Waals surface area (Å²) in [5.74, 6) is 0.383. The van der Waals surface area contributed by atoms with Crippen molar-refractivity contribution in [3.63, 3.8) is 0 Å². The van der Waals surface area contributed by atoms with Crippen LogP contribution in [0.1, 0.15) is 30.9 Å². The summed E-state index contributed by atoms with van der Waals surface area (Å²) >= 11 is 4.30. The normalized spacial score (nSPS) is 10.5. The van der Waals surface area contributed by atoms with E-state index in [0.717, 1.165) is 5.56 Å². The van der Waals surface area contributed by atoms with Gasteiger partial charge in [0.2, 0.25) is 0 Å². The number of unbranched alkanes of at least 4 members (excludes halogenated alkanes) is 1. The molecule has 0 amide bonds. The van der Waals surface area contributed by atoms with E-state index < -0.39 is 6.72 Å². The Hall–Kier alpha value is -1.19. The van der Waals surface area contributed by atoms with Crippen LogP contribution in [-0.4, -0.2) is 9.79 Å². The van der Waals surface area contributed by atoms with E-state index in [-0.39, 0.29) is 0 Å². The van der Waals surface area contributed by atoms with Gasteiger partial charge in [0, 0.05) is 11.8 Å². The molecule has 0 aliphatic heterocycles. The summed E-state index contributed by atoms with van der Waals surface area (Å²) in [6, 6.07) is 17.5. The Morgan fingerprint density at radius 3 is 2.09 bits per heavy atom. The molecule has 0 aliphatic rings. The van der Waals surface area contributed by atoms with Crippen LogP contribution >= 0.6 is 6.72 Å². The average Bonchev–Trinajstić information content (AvgIpc) is 2.48. The lowest BCUT2D eigenvalue weighted by molar-refractivity contribution is 0.370. The van der Waals surface area contributed by atoms with Gasteiger partial charge >= 0.3 is 6.72 Å². The molecule has 0 bridgehead atoms. The molecule has 0 saturated carbocycles. The summed E-state index contributed by atoms with van der Waals surface area (Å²) in [6.45, 7) is 0.584. The second-order valence-electron chi connectivity index (χ2n) is 4.98. The Balaban J connectivity index is 0.000000224. The summed E-state index contributed by atoms with van der Waals surface area (Å²) in [7, 11) is 0. The van der Waals surface area contributed by atoms with Crippen LogP contribution in [0.25, 0.3) is 0 Å². The summed E-state index contributed by atoms with van der Waals surface area (Å²) in [4.78, 5) is 17.6. The first kappa shape index (κ1) is 18.9. The predicted molar refractivity (Wildman–Crippen MR) is 95.6 cm³/mol. The van der Waals surface area contributed by atoms with Gasteiger partial charge < -0.3 is 14.3 Å². The van der Waals surface area contributed by atoms with Gasteiger partial charge in [-0.15, -0.1) is 0 Å². The number of hydrogen-bond donors (Lipinski definition) is 2. The molecule has 5 heteroatoms. The largest absolute Gasteiger partial charge is 0.424 e. The SMILES string of the molecule is CCCCc1ccccc1.Cc1ccc(OP(O)(O)=S)cc1. The van der Waals surface area contributed by atoms with E-state index in [9.17, 15) is 0 Å². The second-order valence-corrected chi connectivity index (χ2v) is 7.57. The third kappa shape index (κ3) is 8.96. The first-order valence-electron chi connectivity index (χ1n) is 7.26. The zero-order chi connectivity index (χ0) is 16.4. The maximum absolute atomic E-state index is 8.80. The molecule has 0 heterocycles. The van der Waals surface area contributed by atoms with Gasteiger partial charge in [-0.25, -0.2) is 0 Å². The third-order valence-corrected chi connectivity index (χ3v) is 3.58. The molecule has 22 heavy (non-hydrogen) atoms. The third-order valence-electron chi connectivity index (χ3n) is 2.91. The molecule has 2 aromatic rings. The topological polar surface area (TPSA) is 49.7 Å². The van der Waals surface area contributed by atoms with Crippen LogP contribution in [0.3, 0.4) is 0 Å². The van der Waals surface area contributed by atoms with Crippen molar-refractivity contribution >= 4 is 18.5 Å². The lowest BCUT2D eigenvalue weighted by Gasteiger charge is -2.09. The number of rotatable bonds is 5.